The number of benzene rings is 2. The molecule has 0 aliphatic heterocycles. The van der Waals surface area contributed by atoms with Crippen LogP contribution in [0.3, 0.4) is 0 Å². The molecule has 0 aromatic heterocycles. The summed E-state index contributed by atoms with van der Waals surface area (Å²) in [4.78, 5) is 0. The van der Waals surface area contributed by atoms with Crippen molar-refractivity contribution < 1.29 is 5.21 Å². The molecule has 0 aliphatic rings. The molecule has 0 heterocycles. The molecule has 0 spiro atoms. The van der Waals surface area contributed by atoms with Crippen LogP contribution in [-0.2, 0) is 0 Å². The molecular formula is C15H16N5O2-. The summed E-state index contributed by atoms with van der Waals surface area (Å²) in [5.74, 6) is 0. The predicted octanol–water partition coefficient (Wildman–Crippen LogP) is 2.74. The Kier molecular flexibility index (Phi) is 6.06. The van der Waals surface area contributed by atoms with Crippen molar-refractivity contribution in [3.8, 4) is 0 Å². The first-order chi connectivity index (χ1) is 10.8. The van der Waals surface area contributed by atoms with E-state index in [1.165, 1.54) is 12.4 Å². The van der Waals surface area contributed by atoms with Gasteiger partial charge < -0.3 is 10.4 Å². The molecule has 22 heavy (non-hydrogen) atoms. The summed E-state index contributed by atoms with van der Waals surface area (Å²) in [5, 5.41) is 27.7. The van der Waals surface area contributed by atoms with E-state index in [0.29, 0.717) is 0 Å². The van der Waals surface area contributed by atoms with E-state index in [1.54, 1.807) is 0 Å². The highest BCUT2D eigenvalue weighted by atomic mass is 16.8. The number of hydrogen-bond donors (Lipinski definition) is 3. The topological polar surface area (TPSA) is 95.3 Å². The molecule has 114 valence electrons. The van der Waals surface area contributed by atoms with Crippen molar-refractivity contribution in [1.29, 1.82) is 0 Å². The van der Waals surface area contributed by atoms with E-state index in [2.05, 4.69) is 21.1 Å². The molecule has 0 fully saturated rings. The van der Waals surface area contributed by atoms with Crippen molar-refractivity contribution in [2.45, 2.75) is 6.04 Å². The number of para-hydroxylation sites is 2. The highest BCUT2D eigenvalue weighted by Crippen LogP contribution is 2.05. The first-order valence-corrected chi connectivity index (χ1v) is 6.59. The summed E-state index contributed by atoms with van der Waals surface area (Å²) in [6, 6.07) is 17.5. The highest BCUT2D eigenvalue weighted by Gasteiger charge is 2.02. The van der Waals surface area contributed by atoms with E-state index in [-0.39, 0.29) is 5.23 Å². The molecule has 0 amide bonds. The third kappa shape index (κ3) is 5.33. The van der Waals surface area contributed by atoms with Crippen molar-refractivity contribution >= 4 is 23.8 Å². The zero-order chi connectivity index (χ0) is 15.6. The number of nitrogens with one attached hydrogen (secondary N) is 2. The van der Waals surface area contributed by atoms with Gasteiger partial charge in [-0.15, -0.1) is 0 Å². The SMILES string of the molecule is [O-]N(O)C(/C=N/Nc1ccccc1)/C=N/Nc1ccccc1. The summed E-state index contributed by atoms with van der Waals surface area (Å²) in [5.41, 5.74) is 7.04. The van der Waals surface area contributed by atoms with Crippen LogP contribution < -0.4 is 10.9 Å². The van der Waals surface area contributed by atoms with Crippen molar-refractivity contribution in [2.24, 2.45) is 10.2 Å². The van der Waals surface area contributed by atoms with Gasteiger partial charge >= 0.3 is 0 Å². The number of anilines is 2. The number of hydrogen-bond acceptors (Lipinski definition) is 7. The molecule has 2 aromatic rings. The fraction of sp³-hybridized carbons (Fsp3) is 0.0667. The van der Waals surface area contributed by atoms with Gasteiger partial charge in [-0.25, -0.2) is 0 Å². The van der Waals surface area contributed by atoms with Gasteiger partial charge in [0.2, 0.25) is 0 Å². The lowest BCUT2D eigenvalue weighted by Crippen LogP contribution is -2.30. The smallest absolute Gasteiger partial charge is 0.0955 e. The average Bonchev–Trinajstić information content (AvgIpc) is 2.55. The second kappa shape index (κ2) is 8.53. The molecule has 7 heteroatoms. The van der Waals surface area contributed by atoms with Gasteiger partial charge in [-0.05, 0) is 24.3 Å². The molecule has 0 unspecified atom stereocenters. The van der Waals surface area contributed by atoms with E-state index < -0.39 is 6.04 Å². The summed E-state index contributed by atoms with van der Waals surface area (Å²) < 4.78 is 0. The monoisotopic (exact) mass is 298 g/mol. The summed E-state index contributed by atoms with van der Waals surface area (Å²) in [6.07, 6.45) is 2.49. The first-order valence-electron chi connectivity index (χ1n) is 6.59. The molecule has 2 rings (SSSR count). The maximum atomic E-state index is 11.1. The molecular weight excluding hydrogens is 282 g/mol. The number of nitrogens with zero attached hydrogens (tertiary/aromatic N) is 3. The lowest BCUT2D eigenvalue weighted by Gasteiger charge is -2.23. The second-order valence-corrected chi connectivity index (χ2v) is 4.31. The Morgan fingerprint density at radius 1 is 0.864 bits per heavy atom. The van der Waals surface area contributed by atoms with E-state index in [9.17, 15) is 5.21 Å². The van der Waals surface area contributed by atoms with E-state index in [4.69, 9.17) is 5.21 Å². The molecule has 3 N–H and O–H groups in total. The molecule has 7 nitrogen and oxygen atoms in total. The van der Waals surface area contributed by atoms with Crippen molar-refractivity contribution in [1.82, 2.24) is 5.23 Å². The molecule has 0 aliphatic carbocycles. The second-order valence-electron chi connectivity index (χ2n) is 4.31. The van der Waals surface area contributed by atoms with Crippen molar-refractivity contribution in [3.63, 3.8) is 0 Å². The minimum absolute atomic E-state index is 0.230. The van der Waals surface area contributed by atoms with Crippen LogP contribution in [0.25, 0.3) is 0 Å². The van der Waals surface area contributed by atoms with E-state index in [1.807, 2.05) is 60.7 Å². The lowest BCUT2D eigenvalue weighted by atomic mass is 10.3. The minimum Gasteiger partial charge on any atom is -0.761 e. The molecule has 0 bridgehead atoms. The zero-order valence-corrected chi connectivity index (χ0v) is 11.7. The number of hydrazone groups is 2. The number of hydroxylamine groups is 2. The van der Waals surface area contributed by atoms with Gasteiger partial charge in [0.25, 0.3) is 0 Å². The fourth-order valence-corrected chi connectivity index (χ4v) is 1.55. The Labute approximate surface area is 128 Å². The van der Waals surface area contributed by atoms with Crippen molar-refractivity contribution in [2.75, 3.05) is 10.9 Å². The minimum atomic E-state index is -1.01. The Bertz CT molecular complexity index is 550. The van der Waals surface area contributed by atoms with Crippen LogP contribution in [0.5, 0.6) is 0 Å². The number of rotatable bonds is 7. The standard InChI is InChI=1S/C15H16N5O2/c21-20(22)15(11-16-18-13-7-3-1-4-8-13)12-17-19-14-9-5-2-6-10-14/h1-12,15,18-19,21H/q-1/b16-11+,17-12+. The van der Waals surface area contributed by atoms with Gasteiger partial charge in [0, 0.05) is 12.4 Å². The quantitative estimate of drug-likeness (QED) is 0.539. The zero-order valence-electron chi connectivity index (χ0n) is 11.7. The Balaban J connectivity index is 1.89. The van der Waals surface area contributed by atoms with Gasteiger partial charge in [-0.2, -0.15) is 10.2 Å². The van der Waals surface area contributed by atoms with Crippen LogP contribution in [0.4, 0.5) is 11.4 Å². The largest absolute Gasteiger partial charge is 0.761 e. The summed E-state index contributed by atoms with van der Waals surface area (Å²) in [6.45, 7) is 0. The maximum Gasteiger partial charge on any atom is 0.0955 e. The van der Waals surface area contributed by atoms with Crippen LogP contribution in [-0.4, -0.2) is 28.9 Å². The Morgan fingerprint density at radius 3 is 1.64 bits per heavy atom. The molecule has 0 saturated heterocycles. The Morgan fingerprint density at radius 2 is 1.27 bits per heavy atom. The Hall–Kier alpha value is -2.74. The van der Waals surface area contributed by atoms with E-state index in [0.717, 1.165) is 11.4 Å². The van der Waals surface area contributed by atoms with Crippen LogP contribution in [0, 0.1) is 5.21 Å². The third-order valence-electron chi connectivity index (χ3n) is 2.64. The molecule has 0 radical (unpaired) electrons. The van der Waals surface area contributed by atoms with Gasteiger partial charge in [0.15, 0.2) is 0 Å². The lowest BCUT2D eigenvalue weighted by molar-refractivity contribution is -0.0381. The first kappa shape index (κ1) is 15.6. The molecule has 0 atom stereocenters. The van der Waals surface area contributed by atoms with Crippen LogP contribution in [0.1, 0.15) is 0 Å². The van der Waals surface area contributed by atoms with Gasteiger partial charge in [-0.1, -0.05) is 36.4 Å². The van der Waals surface area contributed by atoms with Gasteiger partial charge in [-0.3, -0.25) is 16.1 Å². The van der Waals surface area contributed by atoms with E-state index >= 15 is 0 Å². The third-order valence-corrected chi connectivity index (χ3v) is 2.64. The summed E-state index contributed by atoms with van der Waals surface area (Å²) >= 11 is 0. The van der Waals surface area contributed by atoms with Gasteiger partial charge in [0.05, 0.1) is 17.4 Å². The summed E-state index contributed by atoms with van der Waals surface area (Å²) in [7, 11) is 0. The maximum absolute atomic E-state index is 11.1. The van der Waals surface area contributed by atoms with Crippen LogP contribution in [0.2, 0.25) is 0 Å². The predicted molar refractivity (Wildman–Crippen MR) is 87.9 cm³/mol. The fourth-order valence-electron chi connectivity index (χ4n) is 1.55. The normalized spacial score (nSPS) is 11.6. The average molecular weight is 298 g/mol. The molecule has 0 saturated carbocycles. The highest BCUT2D eigenvalue weighted by molar-refractivity contribution is 5.88. The van der Waals surface area contributed by atoms with Gasteiger partial charge in [0.1, 0.15) is 0 Å². The van der Waals surface area contributed by atoms with Crippen LogP contribution in [0.15, 0.2) is 70.9 Å². The van der Waals surface area contributed by atoms with Crippen LogP contribution >= 0.6 is 0 Å². The molecule has 2 aromatic carbocycles. The van der Waals surface area contributed by atoms with Crippen molar-refractivity contribution in [3.05, 3.63) is 65.9 Å².